The first kappa shape index (κ1) is 19.7. The maximum Gasteiger partial charge on any atom is 0.363 e. The first-order valence-electron chi connectivity index (χ1n) is 9.14. The van der Waals surface area contributed by atoms with Crippen LogP contribution in [-0.4, -0.2) is 22.8 Å². The standard InChI is InChI=1S/C23H14N2O6/c26-22(17-7-4-8-18(14-17)25(28)29)30-19-11-9-15(10-12-19)13-20-23(27)31-21(24-20)16-5-2-1-3-6-16/h1-14H/b20-13-. The van der Waals surface area contributed by atoms with Crippen molar-refractivity contribution in [2.75, 3.05) is 0 Å². The van der Waals surface area contributed by atoms with E-state index in [9.17, 15) is 19.7 Å². The molecule has 0 unspecified atom stereocenters. The van der Waals surface area contributed by atoms with Crippen molar-refractivity contribution in [1.29, 1.82) is 0 Å². The second-order valence-electron chi connectivity index (χ2n) is 6.47. The number of aliphatic imine (C=N–C) groups is 1. The Morgan fingerprint density at radius 1 is 1.00 bits per heavy atom. The zero-order chi connectivity index (χ0) is 21.8. The van der Waals surface area contributed by atoms with Gasteiger partial charge in [0.15, 0.2) is 5.70 Å². The summed E-state index contributed by atoms with van der Waals surface area (Å²) in [6.45, 7) is 0. The average molecular weight is 414 g/mol. The minimum Gasteiger partial charge on any atom is -0.423 e. The lowest BCUT2D eigenvalue weighted by Crippen LogP contribution is -2.08. The largest absolute Gasteiger partial charge is 0.423 e. The highest BCUT2D eigenvalue weighted by molar-refractivity contribution is 6.12. The molecule has 1 aliphatic rings. The minimum atomic E-state index is -0.716. The predicted octanol–water partition coefficient (Wildman–Crippen LogP) is 4.16. The molecule has 0 atom stereocenters. The average Bonchev–Trinajstić information content (AvgIpc) is 3.16. The highest BCUT2D eigenvalue weighted by Gasteiger charge is 2.24. The number of nitro benzene ring substituents is 1. The number of hydrogen-bond acceptors (Lipinski definition) is 7. The fourth-order valence-corrected chi connectivity index (χ4v) is 2.82. The van der Waals surface area contributed by atoms with Crippen molar-refractivity contribution in [1.82, 2.24) is 0 Å². The van der Waals surface area contributed by atoms with Gasteiger partial charge < -0.3 is 9.47 Å². The Hall–Kier alpha value is -4.59. The van der Waals surface area contributed by atoms with Gasteiger partial charge in [-0.3, -0.25) is 10.1 Å². The van der Waals surface area contributed by atoms with Gasteiger partial charge in [-0.05, 0) is 42.0 Å². The van der Waals surface area contributed by atoms with Crippen molar-refractivity contribution in [3.05, 3.63) is 111 Å². The highest BCUT2D eigenvalue weighted by Crippen LogP contribution is 2.21. The van der Waals surface area contributed by atoms with E-state index in [1.807, 2.05) is 18.2 Å². The molecule has 0 radical (unpaired) electrons. The smallest absolute Gasteiger partial charge is 0.363 e. The highest BCUT2D eigenvalue weighted by atomic mass is 16.6. The van der Waals surface area contributed by atoms with Crippen LogP contribution in [0.25, 0.3) is 6.08 Å². The maximum absolute atomic E-state index is 12.2. The van der Waals surface area contributed by atoms with E-state index in [4.69, 9.17) is 9.47 Å². The molecule has 3 aromatic rings. The second-order valence-corrected chi connectivity index (χ2v) is 6.47. The number of rotatable bonds is 5. The van der Waals surface area contributed by atoms with Gasteiger partial charge in [-0.1, -0.05) is 36.4 Å². The van der Waals surface area contributed by atoms with Crippen LogP contribution in [0.4, 0.5) is 5.69 Å². The normalized spacial score (nSPS) is 14.1. The molecule has 0 saturated heterocycles. The molecule has 0 saturated carbocycles. The Balaban J connectivity index is 1.48. The van der Waals surface area contributed by atoms with E-state index in [-0.39, 0.29) is 28.6 Å². The first-order chi connectivity index (χ1) is 15.0. The predicted molar refractivity (Wildman–Crippen MR) is 112 cm³/mol. The zero-order valence-electron chi connectivity index (χ0n) is 15.9. The molecule has 3 aromatic carbocycles. The Bertz CT molecular complexity index is 1230. The van der Waals surface area contributed by atoms with Crippen molar-refractivity contribution < 1.29 is 24.0 Å². The number of carbonyl (C=O) groups is 2. The summed E-state index contributed by atoms with van der Waals surface area (Å²) in [6.07, 6.45) is 1.56. The van der Waals surface area contributed by atoms with Crippen LogP contribution in [0.2, 0.25) is 0 Å². The Kier molecular flexibility index (Phi) is 5.35. The van der Waals surface area contributed by atoms with E-state index in [1.165, 1.54) is 18.2 Å². The molecule has 0 N–H and O–H groups in total. The third-order valence-corrected chi connectivity index (χ3v) is 4.33. The summed E-state index contributed by atoms with van der Waals surface area (Å²) >= 11 is 0. The Labute approximate surface area is 176 Å². The van der Waals surface area contributed by atoms with Crippen LogP contribution in [-0.2, 0) is 9.53 Å². The molecule has 0 spiro atoms. The van der Waals surface area contributed by atoms with E-state index in [0.717, 1.165) is 6.07 Å². The lowest BCUT2D eigenvalue weighted by Gasteiger charge is -2.04. The molecule has 0 amide bonds. The number of non-ortho nitro benzene ring substituents is 1. The molecule has 4 rings (SSSR count). The summed E-state index contributed by atoms with van der Waals surface area (Å²) in [5, 5.41) is 10.8. The van der Waals surface area contributed by atoms with Gasteiger partial charge in [-0.25, -0.2) is 14.6 Å². The third kappa shape index (κ3) is 4.54. The minimum absolute atomic E-state index is 0.0666. The summed E-state index contributed by atoms with van der Waals surface area (Å²) < 4.78 is 10.5. The van der Waals surface area contributed by atoms with Crippen LogP contribution in [0, 0.1) is 10.1 Å². The maximum atomic E-state index is 12.2. The molecular weight excluding hydrogens is 400 g/mol. The fourth-order valence-electron chi connectivity index (χ4n) is 2.82. The molecule has 8 nitrogen and oxygen atoms in total. The molecule has 1 heterocycles. The summed E-state index contributed by atoms with van der Waals surface area (Å²) in [4.78, 5) is 38.8. The van der Waals surface area contributed by atoms with Gasteiger partial charge in [0.25, 0.3) is 5.69 Å². The summed E-state index contributed by atoms with van der Waals surface area (Å²) in [5.74, 6) is -0.785. The van der Waals surface area contributed by atoms with E-state index >= 15 is 0 Å². The summed E-state index contributed by atoms with van der Waals surface area (Å²) in [5.41, 5.74) is 1.37. The number of benzene rings is 3. The number of hydrogen-bond donors (Lipinski definition) is 0. The molecule has 0 fully saturated rings. The van der Waals surface area contributed by atoms with Gasteiger partial charge in [-0.15, -0.1) is 0 Å². The molecule has 152 valence electrons. The van der Waals surface area contributed by atoms with Gasteiger partial charge in [0.05, 0.1) is 10.5 Å². The first-order valence-corrected chi connectivity index (χ1v) is 9.14. The molecule has 8 heteroatoms. The van der Waals surface area contributed by atoms with Gasteiger partial charge in [0.2, 0.25) is 5.90 Å². The van der Waals surface area contributed by atoms with Gasteiger partial charge in [-0.2, -0.15) is 0 Å². The van der Waals surface area contributed by atoms with Gasteiger partial charge in [0.1, 0.15) is 5.75 Å². The van der Waals surface area contributed by atoms with E-state index in [1.54, 1.807) is 42.5 Å². The van der Waals surface area contributed by atoms with Gasteiger partial charge in [0, 0.05) is 17.7 Å². The monoisotopic (exact) mass is 414 g/mol. The Morgan fingerprint density at radius 3 is 2.45 bits per heavy atom. The van der Waals surface area contributed by atoms with Crippen molar-refractivity contribution >= 4 is 29.6 Å². The Morgan fingerprint density at radius 2 is 1.74 bits per heavy atom. The summed E-state index contributed by atoms with van der Waals surface area (Å²) in [7, 11) is 0. The van der Waals surface area contributed by atoms with Crippen LogP contribution in [0.3, 0.4) is 0 Å². The lowest BCUT2D eigenvalue weighted by atomic mass is 10.2. The van der Waals surface area contributed by atoms with E-state index in [2.05, 4.69) is 4.99 Å². The van der Waals surface area contributed by atoms with Crippen molar-refractivity contribution in [3.63, 3.8) is 0 Å². The fraction of sp³-hybridized carbons (Fsp3) is 0. The van der Waals surface area contributed by atoms with Crippen LogP contribution in [0.15, 0.2) is 89.6 Å². The number of carbonyl (C=O) groups excluding carboxylic acids is 2. The number of cyclic esters (lactones) is 1. The number of nitro groups is 1. The molecule has 0 aromatic heterocycles. The van der Waals surface area contributed by atoms with Crippen LogP contribution in [0.1, 0.15) is 21.5 Å². The SMILES string of the molecule is O=C1OC(c2ccccc2)=N/C1=C\c1ccc(OC(=O)c2cccc([N+](=O)[O-])c2)cc1. The zero-order valence-corrected chi connectivity index (χ0v) is 15.9. The van der Waals surface area contributed by atoms with E-state index in [0.29, 0.717) is 11.1 Å². The molecular formula is C23H14N2O6. The molecule has 0 bridgehead atoms. The molecule has 31 heavy (non-hydrogen) atoms. The second kappa shape index (κ2) is 8.42. The van der Waals surface area contributed by atoms with Crippen molar-refractivity contribution in [2.24, 2.45) is 4.99 Å². The molecule has 0 aliphatic carbocycles. The quantitative estimate of drug-likeness (QED) is 0.204. The number of nitrogens with zero attached hydrogens (tertiary/aromatic N) is 2. The van der Waals surface area contributed by atoms with Crippen molar-refractivity contribution in [2.45, 2.75) is 0 Å². The number of esters is 2. The van der Waals surface area contributed by atoms with Crippen LogP contribution < -0.4 is 4.74 Å². The topological polar surface area (TPSA) is 108 Å². The number of ether oxygens (including phenoxy) is 2. The van der Waals surface area contributed by atoms with Gasteiger partial charge >= 0.3 is 11.9 Å². The van der Waals surface area contributed by atoms with Crippen molar-refractivity contribution in [3.8, 4) is 5.75 Å². The lowest BCUT2D eigenvalue weighted by molar-refractivity contribution is -0.384. The van der Waals surface area contributed by atoms with Crippen LogP contribution in [0.5, 0.6) is 5.75 Å². The molecule has 1 aliphatic heterocycles. The van der Waals surface area contributed by atoms with Crippen LogP contribution >= 0.6 is 0 Å². The third-order valence-electron chi connectivity index (χ3n) is 4.33. The van der Waals surface area contributed by atoms with E-state index < -0.39 is 16.9 Å². The summed E-state index contributed by atoms with van der Waals surface area (Å²) in [6, 6.07) is 20.7.